The Morgan fingerprint density at radius 1 is 1.35 bits per heavy atom. The molecule has 2 saturated heterocycles. The summed E-state index contributed by atoms with van der Waals surface area (Å²) in [6.07, 6.45) is 4.28. The van der Waals surface area contributed by atoms with Crippen LogP contribution in [0, 0.1) is 6.92 Å². The van der Waals surface area contributed by atoms with Crippen LogP contribution in [0.4, 0.5) is 0 Å². The lowest BCUT2D eigenvalue weighted by molar-refractivity contribution is 0.0992. The molecule has 4 rings (SSSR count). The lowest BCUT2D eigenvalue weighted by Crippen LogP contribution is -2.47. The highest BCUT2D eigenvalue weighted by atomic mass is 127. The maximum atomic E-state index is 5.93. The summed E-state index contributed by atoms with van der Waals surface area (Å²) in [5.74, 6) is 1.93. The van der Waals surface area contributed by atoms with Gasteiger partial charge in [0.05, 0.1) is 35.8 Å². The Labute approximate surface area is 171 Å². The average Bonchev–Trinajstić information content (AvgIpc) is 3.30. The number of aryl methyl sites for hydroxylation is 1. The van der Waals surface area contributed by atoms with Gasteiger partial charge in [-0.2, -0.15) is 0 Å². The van der Waals surface area contributed by atoms with Crippen molar-refractivity contribution in [3.8, 4) is 0 Å². The van der Waals surface area contributed by atoms with Gasteiger partial charge < -0.3 is 19.9 Å². The fourth-order valence-electron chi connectivity index (χ4n) is 4.03. The average molecular weight is 469 g/mol. The third-order valence-corrected chi connectivity index (χ3v) is 5.21. The standard InChI is InChI=1S/C19H27N5O.HI/c1-3-20-19(23-16-12-14-8-9-18(16)25-14)21-10-11-24-13(2)22-15-6-4-5-7-17(15)24;/h4-7,14,16,18H,3,8-12H2,1-2H3,(H2,20,21,23);1H. The topological polar surface area (TPSA) is 63.5 Å². The molecule has 1 aromatic heterocycles. The number of halogens is 1. The number of rotatable bonds is 5. The lowest BCUT2D eigenvalue weighted by atomic mass is 9.96. The summed E-state index contributed by atoms with van der Waals surface area (Å²) >= 11 is 0. The first-order valence-electron chi connectivity index (χ1n) is 9.36. The summed E-state index contributed by atoms with van der Waals surface area (Å²) in [7, 11) is 0. The molecule has 7 heteroatoms. The maximum absolute atomic E-state index is 5.93. The first-order valence-corrected chi connectivity index (χ1v) is 9.36. The summed E-state index contributed by atoms with van der Waals surface area (Å²) in [5.41, 5.74) is 2.22. The molecule has 2 fully saturated rings. The van der Waals surface area contributed by atoms with Crippen molar-refractivity contribution in [1.82, 2.24) is 20.2 Å². The van der Waals surface area contributed by atoms with E-state index in [2.05, 4.69) is 52.2 Å². The molecule has 2 bridgehead atoms. The van der Waals surface area contributed by atoms with Gasteiger partial charge in [0.1, 0.15) is 5.82 Å². The number of nitrogens with one attached hydrogen (secondary N) is 2. The van der Waals surface area contributed by atoms with Crippen molar-refractivity contribution >= 4 is 41.0 Å². The van der Waals surface area contributed by atoms with Crippen LogP contribution in [0.5, 0.6) is 0 Å². The second kappa shape index (κ2) is 8.56. The molecule has 0 spiro atoms. The third-order valence-electron chi connectivity index (χ3n) is 5.21. The van der Waals surface area contributed by atoms with E-state index in [9.17, 15) is 0 Å². The van der Waals surface area contributed by atoms with Crippen molar-refractivity contribution < 1.29 is 4.74 Å². The normalized spacial score (nSPS) is 24.7. The Morgan fingerprint density at radius 3 is 2.92 bits per heavy atom. The van der Waals surface area contributed by atoms with E-state index in [0.717, 1.165) is 43.4 Å². The molecular formula is C19H28IN5O. The fraction of sp³-hybridized carbons (Fsp3) is 0.579. The number of aromatic nitrogens is 2. The van der Waals surface area contributed by atoms with Gasteiger partial charge in [0.25, 0.3) is 0 Å². The second-order valence-corrected chi connectivity index (χ2v) is 6.92. The number of benzene rings is 1. The van der Waals surface area contributed by atoms with Gasteiger partial charge in [0.2, 0.25) is 0 Å². The smallest absolute Gasteiger partial charge is 0.191 e. The minimum atomic E-state index is 0. The van der Waals surface area contributed by atoms with Crippen LogP contribution in [-0.4, -0.2) is 46.8 Å². The van der Waals surface area contributed by atoms with Crippen molar-refractivity contribution in [2.75, 3.05) is 13.1 Å². The zero-order chi connectivity index (χ0) is 17.2. The molecule has 2 N–H and O–H groups in total. The van der Waals surface area contributed by atoms with Crippen molar-refractivity contribution in [2.24, 2.45) is 4.99 Å². The molecule has 0 saturated carbocycles. The van der Waals surface area contributed by atoms with E-state index in [1.54, 1.807) is 0 Å². The van der Waals surface area contributed by atoms with Crippen LogP contribution in [0.15, 0.2) is 29.3 Å². The first kappa shape index (κ1) is 19.4. The van der Waals surface area contributed by atoms with E-state index in [1.165, 1.54) is 18.4 Å². The molecule has 2 aliphatic rings. The lowest BCUT2D eigenvalue weighted by Gasteiger charge is -2.22. The summed E-state index contributed by atoms with van der Waals surface area (Å²) < 4.78 is 8.17. The molecular weight excluding hydrogens is 441 g/mol. The number of para-hydroxylation sites is 2. The van der Waals surface area contributed by atoms with Gasteiger partial charge in [0, 0.05) is 13.1 Å². The highest BCUT2D eigenvalue weighted by molar-refractivity contribution is 14.0. The zero-order valence-electron chi connectivity index (χ0n) is 15.4. The Morgan fingerprint density at radius 2 is 2.19 bits per heavy atom. The molecule has 142 valence electrons. The van der Waals surface area contributed by atoms with Crippen LogP contribution >= 0.6 is 24.0 Å². The summed E-state index contributed by atoms with van der Waals surface area (Å²) in [6.45, 7) is 6.57. The summed E-state index contributed by atoms with van der Waals surface area (Å²) in [5, 5.41) is 6.93. The predicted molar refractivity (Wildman–Crippen MR) is 115 cm³/mol. The van der Waals surface area contributed by atoms with Crippen molar-refractivity contribution in [3.63, 3.8) is 0 Å². The van der Waals surface area contributed by atoms with Crippen LogP contribution in [0.1, 0.15) is 32.0 Å². The number of guanidine groups is 1. The second-order valence-electron chi connectivity index (χ2n) is 6.92. The van der Waals surface area contributed by atoms with Gasteiger partial charge in [-0.05, 0) is 45.2 Å². The fourth-order valence-corrected chi connectivity index (χ4v) is 4.03. The van der Waals surface area contributed by atoms with E-state index in [-0.39, 0.29) is 24.0 Å². The van der Waals surface area contributed by atoms with E-state index < -0.39 is 0 Å². The molecule has 3 unspecified atom stereocenters. The largest absolute Gasteiger partial charge is 0.373 e. The summed E-state index contributed by atoms with van der Waals surface area (Å²) in [6, 6.07) is 8.66. The van der Waals surface area contributed by atoms with Crippen LogP contribution in [0.2, 0.25) is 0 Å². The number of ether oxygens (including phenoxy) is 1. The highest BCUT2D eigenvalue weighted by Gasteiger charge is 2.41. The van der Waals surface area contributed by atoms with Crippen molar-refractivity contribution in [2.45, 2.75) is 57.9 Å². The van der Waals surface area contributed by atoms with Gasteiger partial charge in [-0.25, -0.2) is 4.98 Å². The number of nitrogens with zero attached hydrogens (tertiary/aromatic N) is 3. The molecule has 0 radical (unpaired) electrons. The molecule has 6 nitrogen and oxygen atoms in total. The van der Waals surface area contributed by atoms with E-state index in [1.807, 2.05) is 6.07 Å². The van der Waals surface area contributed by atoms with Crippen molar-refractivity contribution in [3.05, 3.63) is 30.1 Å². The monoisotopic (exact) mass is 469 g/mol. The molecule has 0 amide bonds. The van der Waals surface area contributed by atoms with E-state index in [0.29, 0.717) is 18.2 Å². The van der Waals surface area contributed by atoms with E-state index >= 15 is 0 Å². The minimum absolute atomic E-state index is 0. The quantitative estimate of drug-likeness (QED) is 0.402. The number of hydrogen-bond acceptors (Lipinski definition) is 3. The van der Waals surface area contributed by atoms with Gasteiger partial charge in [-0.15, -0.1) is 24.0 Å². The number of aliphatic imine (C=N–C) groups is 1. The number of hydrogen-bond donors (Lipinski definition) is 2. The maximum Gasteiger partial charge on any atom is 0.191 e. The highest BCUT2D eigenvalue weighted by Crippen LogP contribution is 2.34. The van der Waals surface area contributed by atoms with Crippen LogP contribution in [0.3, 0.4) is 0 Å². The molecule has 2 aliphatic heterocycles. The molecule has 3 heterocycles. The first-order chi connectivity index (χ1) is 12.2. The van der Waals surface area contributed by atoms with Gasteiger partial charge in [-0.1, -0.05) is 12.1 Å². The van der Waals surface area contributed by atoms with Gasteiger partial charge >= 0.3 is 0 Å². The predicted octanol–water partition coefficient (Wildman–Crippen LogP) is 2.84. The number of fused-ring (bicyclic) bond motifs is 3. The van der Waals surface area contributed by atoms with E-state index in [4.69, 9.17) is 9.73 Å². The molecule has 0 aliphatic carbocycles. The molecule has 1 aromatic carbocycles. The Hall–Kier alpha value is -1.35. The van der Waals surface area contributed by atoms with Crippen LogP contribution in [0.25, 0.3) is 11.0 Å². The number of imidazole rings is 1. The van der Waals surface area contributed by atoms with Gasteiger partial charge in [-0.3, -0.25) is 4.99 Å². The zero-order valence-corrected chi connectivity index (χ0v) is 17.8. The Bertz CT molecular complexity index is 774. The van der Waals surface area contributed by atoms with Crippen LogP contribution < -0.4 is 10.6 Å². The van der Waals surface area contributed by atoms with Crippen LogP contribution in [-0.2, 0) is 11.3 Å². The third kappa shape index (κ3) is 3.98. The summed E-state index contributed by atoms with van der Waals surface area (Å²) in [4.78, 5) is 9.40. The molecule has 2 aromatic rings. The molecule has 3 atom stereocenters. The SMILES string of the molecule is CCNC(=NCCn1c(C)nc2ccccc21)NC1CC2CCC1O2.I. The van der Waals surface area contributed by atoms with Crippen molar-refractivity contribution in [1.29, 1.82) is 0 Å². The minimum Gasteiger partial charge on any atom is -0.373 e. The van der Waals surface area contributed by atoms with Gasteiger partial charge in [0.15, 0.2) is 5.96 Å². The molecule has 26 heavy (non-hydrogen) atoms. The Kier molecular flexibility index (Phi) is 6.39. The Balaban J connectivity index is 0.00000196.